The van der Waals surface area contributed by atoms with Gasteiger partial charge < -0.3 is 15.9 Å². The molecular weight excluding hydrogens is 168 g/mol. The number of hydrogen-bond acceptors (Lipinski definition) is 3. The lowest BCUT2D eigenvalue weighted by atomic mass is 10.1. The van der Waals surface area contributed by atoms with Crippen molar-refractivity contribution in [1.82, 2.24) is 0 Å². The van der Waals surface area contributed by atoms with Crippen molar-refractivity contribution < 1.29 is 14.8 Å². The first kappa shape index (κ1) is 9.95. The fourth-order valence-electron chi connectivity index (χ4n) is 1.29. The highest BCUT2D eigenvalue weighted by molar-refractivity contribution is 5.36. The van der Waals surface area contributed by atoms with E-state index < -0.39 is 0 Å². The summed E-state index contributed by atoms with van der Waals surface area (Å²) in [4.78, 5) is 0. The SMILES string of the molecule is Cc1c([O-])c(CN)c(CO)c[n+]1C. The van der Waals surface area contributed by atoms with Crippen LogP contribution in [0.5, 0.6) is 5.75 Å². The maximum Gasteiger partial charge on any atom is 0.174 e. The Morgan fingerprint density at radius 1 is 1.62 bits per heavy atom. The summed E-state index contributed by atoms with van der Waals surface area (Å²) in [7, 11) is 1.77. The molecule has 0 unspecified atom stereocenters. The maximum atomic E-state index is 11.6. The summed E-state index contributed by atoms with van der Waals surface area (Å²) in [6.07, 6.45) is 1.74. The first-order chi connectivity index (χ1) is 6.11. The molecule has 0 radical (unpaired) electrons. The minimum Gasteiger partial charge on any atom is -0.868 e. The Morgan fingerprint density at radius 3 is 2.69 bits per heavy atom. The van der Waals surface area contributed by atoms with Gasteiger partial charge in [-0.3, -0.25) is 0 Å². The Kier molecular flexibility index (Phi) is 2.85. The summed E-state index contributed by atoms with van der Waals surface area (Å²) in [6, 6.07) is 0. The van der Waals surface area contributed by atoms with Gasteiger partial charge in [-0.05, 0) is 11.3 Å². The van der Waals surface area contributed by atoms with Crippen LogP contribution in [-0.4, -0.2) is 5.11 Å². The standard InChI is InChI=1S/C9H14N2O2/c1-6-9(13)8(3-10)7(5-12)4-11(6)2/h4,12H,3,5,10H2,1-2H3. The number of aliphatic hydroxyl groups is 1. The minimum absolute atomic E-state index is 0.0726. The Bertz CT molecular complexity index is 324. The molecule has 72 valence electrons. The average molecular weight is 182 g/mol. The predicted molar refractivity (Wildman–Crippen MR) is 45.6 cm³/mol. The summed E-state index contributed by atoms with van der Waals surface area (Å²) in [5.41, 5.74) is 7.19. The van der Waals surface area contributed by atoms with E-state index in [1.807, 2.05) is 0 Å². The molecule has 4 heteroatoms. The molecule has 0 bridgehead atoms. The molecule has 0 aliphatic rings. The van der Waals surface area contributed by atoms with Crippen LogP contribution in [0.25, 0.3) is 0 Å². The van der Waals surface area contributed by atoms with E-state index in [2.05, 4.69) is 0 Å². The van der Waals surface area contributed by atoms with Gasteiger partial charge in [0.2, 0.25) is 0 Å². The highest BCUT2D eigenvalue weighted by Gasteiger charge is 2.11. The molecule has 1 rings (SSSR count). The van der Waals surface area contributed by atoms with Crippen LogP contribution in [0.15, 0.2) is 6.20 Å². The lowest BCUT2D eigenvalue weighted by molar-refractivity contribution is -0.680. The Balaban J connectivity index is 3.39. The van der Waals surface area contributed by atoms with Crippen molar-refractivity contribution >= 4 is 0 Å². The number of rotatable bonds is 2. The normalized spacial score (nSPS) is 10.5. The smallest absolute Gasteiger partial charge is 0.174 e. The van der Waals surface area contributed by atoms with Gasteiger partial charge in [0, 0.05) is 19.0 Å². The second kappa shape index (κ2) is 3.72. The molecule has 0 aromatic carbocycles. The van der Waals surface area contributed by atoms with Gasteiger partial charge in [0.05, 0.1) is 6.61 Å². The molecule has 0 saturated carbocycles. The van der Waals surface area contributed by atoms with Crippen molar-refractivity contribution in [1.29, 1.82) is 0 Å². The first-order valence-corrected chi connectivity index (χ1v) is 4.10. The van der Waals surface area contributed by atoms with Crippen molar-refractivity contribution in [3.05, 3.63) is 23.0 Å². The summed E-state index contributed by atoms with van der Waals surface area (Å²) >= 11 is 0. The van der Waals surface area contributed by atoms with Gasteiger partial charge in [-0.15, -0.1) is 0 Å². The van der Waals surface area contributed by atoms with Crippen LogP contribution in [0.3, 0.4) is 0 Å². The molecule has 1 heterocycles. The molecule has 1 aromatic rings. The Labute approximate surface area is 77.2 Å². The highest BCUT2D eigenvalue weighted by Crippen LogP contribution is 2.18. The molecule has 0 atom stereocenters. The zero-order valence-corrected chi connectivity index (χ0v) is 7.87. The third-order valence-electron chi connectivity index (χ3n) is 2.24. The highest BCUT2D eigenvalue weighted by atomic mass is 16.3. The quantitative estimate of drug-likeness (QED) is 0.567. The Morgan fingerprint density at radius 2 is 2.23 bits per heavy atom. The van der Waals surface area contributed by atoms with Crippen molar-refractivity contribution in [3.8, 4) is 5.75 Å². The molecule has 0 amide bonds. The second-order valence-corrected chi connectivity index (χ2v) is 3.02. The molecule has 4 nitrogen and oxygen atoms in total. The molecule has 13 heavy (non-hydrogen) atoms. The number of nitrogens with zero attached hydrogens (tertiary/aromatic N) is 1. The summed E-state index contributed by atoms with van der Waals surface area (Å²) in [6.45, 7) is 1.77. The van der Waals surface area contributed by atoms with Gasteiger partial charge in [-0.1, -0.05) is 0 Å². The molecule has 1 aromatic heterocycles. The van der Waals surface area contributed by atoms with Gasteiger partial charge in [-0.2, -0.15) is 0 Å². The van der Waals surface area contributed by atoms with E-state index in [0.29, 0.717) is 16.8 Å². The third kappa shape index (κ3) is 1.64. The third-order valence-corrected chi connectivity index (χ3v) is 2.24. The molecule has 3 N–H and O–H groups in total. The fourth-order valence-corrected chi connectivity index (χ4v) is 1.29. The number of aryl methyl sites for hydroxylation is 1. The number of aromatic nitrogens is 1. The summed E-state index contributed by atoms with van der Waals surface area (Å²) in [5, 5.41) is 20.6. The Hall–Kier alpha value is -1.13. The molecule has 0 aliphatic heterocycles. The van der Waals surface area contributed by atoms with E-state index in [0.717, 1.165) is 0 Å². The molecule has 0 fully saturated rings. The van der Waals surface area contributed by atoms with E-state index in [4.69, 9.17) is 10.8 Å². The van der Waals surface area contributed by atoms with Gasteiger partial charge in [0.15, 0.2) is 11.9 Å². The number of nitrogens with two attached hydrogens (primary N) is 1. The zero-order valence-electron chi connectivity index (χ0n) is 7.87. The maximum absolute atomic E-state index is 11.6. The number of aliphatic hydroxyl groups excluding tert-OH is 1. The van der Waals surface area contributed by atoms with E-state index in [9.17, 15) is 5.11 Å². The van der Waals surface area contributed by atoms with E-state index in [1.54, 1.807) is 24.7 Å². The lowest BCUT2D eigenvalue weighted by Crippen LogP contribution is -2.34. The van der Waals surface area contributed by atoms with Crippen LogP contribution in [-0.2, 0) is 20.2 Å². The van der Waals surface area contributed by atoms with Crippen molar-refractivity contribution in [2.45, 2.75) is 20.1 Å². The van der Waals surface area contributed by atoms with Gasteiger partial charge in [-0.25, -0.2) is 4.57 Å². The average Bonchev–Trinajstić information content (AvgIpc) is 2.13. The van der Waals surface area contributed by atoms with Crippen LogP contribution in [0.1, 0.15) is 16.8 Å². The number of hydrogen-bond donors (Lipinski definition) is 2. The van der Waals surface area contributed by atoms with Crippen molar-refractivity contribution in [2.24, 2.45) is 12.8 Å². The minimum atomic E-state index is -0.143. The first-order valence-electron chi connectivity index (χ1n) is 4.10. The van der Waals surface area contributed by atoms with Crippen LogP contribution in [0, 0.1) is 6.92 Å². The van der Waals surface area contributed by atoms with Crippen LogP contribution in [0.4, 0.5) is 0 Å². The van der Waals surface area contributed by atoms with Crippen LogP contribution < -0.4 is 15.4 Å². The van der Waals surface area contributed by atoms with Crippen LogP contribution >= 0.6 is 0 Å². The molecule has 0 spiro atoms. The van der Waals surface area contributed by atoms with Crippen LogP contribution in [0.2, 0.25) is 0 Å². The van der Waals surface area contributed by atoms with Crippen molar-refractivity contribution in [2.75, 3.05) is 0 Å². The van der Waals surface area contributed by atoms with E-state index >= 15 is 0 Å². The van der Waals surface area contributed by atoms with E-state index in [1.165, 1.54) is 0 Å². The molecular formula is C9H14N2O2. The fraction of sp³-hybridized carbons (Fsp3) is 0.444. The largest absolute Gasteiger partial charge is 0.868 e. The van der Waals surface area contributed by atoms with Gasteiger partial charge in [0.25, 0.3) is 0 Å². The molecule has 0 aliphatic carbocycles. The topological polar surface area (TPSA) is 73.2 Å². The van der Waals surface area contributed by atoms with E-state index in [-0.39, 0.29) is 18.9 Å². The molecule has 0 saturated heterocycles. The monoisotopic (exact) mass is 182 g/mol. The van der Waals surface area contributed by atoms with Crippen molar-refractivity contribution in [3.63, 3.8) is 0 Å². The van der Waals surface area contributed by atoms with Gasteiger partial charge >= 0.3 is 0 Å². The predicted octanol–water partition coefficient (Wildman–Crippen LogP) is -1.16. The summed E-state index contributed by atoms with van der Waals surface area (Å²) < 4.78 is 1.70. The van der Waals surface area contributed by atoms with Gasteiger partial charge in [0.1, 0.15) is 7.05 Å². The summed E-state index contributed by atoms with van der Waals surface area (Å²) in [5.74, 6) is -0.0726. The number of pyridine rings is 1. The second-order valence-electron chi connectivity index (χ2n) is 3.02. The lowest BCUT2D eigenvalue weighted by Gasteiger charge is -2.15. The zero-order chi connectivity index (χ0) is 10.0.